The van der Waals surface area contributed by atoms with Gasteiger partial charge in [0.2, 0.25) is 0 Å². The maximum Gasteiger partial charge on any atom is 0.141 e. The topological polar surface area (TPSA) is 56.1 Å². The van der Waals surface area contributed by atoms with Gasteiger partial charge < -0.3 is 9.64 Å². The van der Waals surface area contributed by atoms with Crippen LogP contribution < -0.4 is 4.90 Å². The van der Waals surface area contributed by atoms with E-state index in [4.69, 9.17) is 14.7 Å². The molecule has 29 heavy (non-hydrogen) atoms. The number of aromatic nitrogens is 4. The summed E-state index contributed by atoms with van der Waals surface area (Å²) in [6.45, 7) is 4.54. The Morgan fingerprint density at radius 3 is 2.86 bits per heavy atom. The highest BCUT2D eigenvalue weighted by atomic mass is 32.1. The van der Waals surface area contributed by atoms with Crippen LogP contribution in [0.1, 0.15) is 60.4 Å². The second-order valence-corrected chi connectivity index (χ2v) is 10.1. The van der Waals surface area contributed by atoms with Crippen molar-refractivity contribution in [3.63, 3.8) is 0 Å². The lowest BCUT2D eigenvalue weighted by Gasteiger charge is -2.41. The summed E-state index contributed by atoms with van der Waals surface area (Å²) in [4.78, 5) is 15.4. The van der Waals surface area contributed by atoms with Crippen molar-refractivity contribution in [2.75, 3.05) is 24.6 Å². The van der Waals surface area contributed by atoms with Crippen molar-refractivity contribution < 1.29 is 4.74 Å². The van der Waals surface area contributed by atoms with E-state index in [1.165, 1.54) is 59.2 Å². The van der Waals surface area contributed by atoms with Gasteiger partial charge in [0.25, 0.3) is 0 Å². The number of thiophene rings is 1. The second-order valence-electron chi connectivity index (χ2n) is 8.97. The molecule has 1 saturated carbocycles. The lowest BCUT2D eigenvalue weighted by Crippen LogP contribution is -2.48. The Hall–Kier alpha value is -1.99. The summed E-state index contributed by atoms with van der Waals surface area (Å²) in [6.07, 6.45) is 11.4. The Kier molecular flexibility index (Phi) is 4.00. The number of aryl methyl sites for hydroxylation is 3. The molecular weight excluding hydrogens is 382 g/mol. The summed E-state index contributed by atoms with van der Waals surface area (Å²) >= 11 is 1.91. The fraction of sp³-hybridized carbons (Fsp3) is 0.591. The van der Waals surface area contributed by atoms with Gasteiger partial charge >= 0.3 is 0 Å². The first-order valence-corrected chi connectivity index (χ1v) is 11.6. The third kappa shape index (κ3) is 2.97. The Morgan fingerprint density at radius 1 is 1.21 bits per heavy atom. The van der Waals surface area contributed by atoms with E-state index in [1.54, 1.807) is 0 Å². The van der Waals surface area contributed by atoms with Crippen molar-refractivity contribution in [1.82, 2.24) is 19.7 Å². The van der Waals surface area contributed by atoms with Crippen molar-refractivity contribution in [3.8, 4) is 0 Å². The van der Waals surface area contributed by atoms with Gasteiger partial charge in [-0.25, -0.2) is 9.97 Å². The molecule has 1 saturated heterocycles. The summed E-state index contributed by atoms with van der Waals surface area (Å²) in [5, 5.41) is 5.70. The van der Waals surface area contributed by atoms with Crippen LogP contribution in [0.3, 0.4) is 0 Å². The number of hydrogen-bond donors (Lipinski definition) is 0. The molecule has 1 aliphatic heterocycles. The normalized spacial score (nSPS) is 24.8. The number of hydrogen-bond acceptors (Lipinski definition) is 6. The second kappa shape index (κ2) is 6.51. The fourth-order valence-electron chi connectivity index (χ4n) is 4.83. The highest BCUT2D eigenvalue weighted by Crippen LogP contribution is 2.45. The maximum atomic E-state index is 6.28. The van der Waals surface area contributed by atoms with Crippen LogP contribution in [0.4, 0.5) is 5.82 Å². The minimum absolute atomic E-state index is 0.375. The molecule has 6 rings (SSSR count). The zero-order chi connectivity index (χ0) is 19.6. The molecule has 1 atom stereocenters. The van der Waals surface area contributed by atoms with Crippen molar-refractivity contribution in [2.45, 2.75) is 57.0 Å². The van der Waals surface area contributed by atoms with Crippen LogP contribution in [0.5, 0.6) is 0 Å². The van der Waals surface area contributed by atoms with Crippen molar-refractivity contribution >= 4 is 27.4 Å². The van der Waals surface area contributed by atoms with E-state index >= 15 is 0 Å². The Balaban J connectivity index is 1.46. The quantitative estimate of drug-likeness (QED) is 0.656. The van der Waals surface area contributed by atoms with Gasteiger partial charge in [-0.3, -0.25) is 4.68 Å². The molecule has 0 N–H and O–H groups in total. The van der Waals surface area contributed by atoms with Crippen molar-refractivity contribution in [2.24, 2.45) is 7.05 Å². The van der Waals surface area contributed by atoms with Crippen LogP contribution in [-0.4, -0.2) is 39.4 Å². The summed E-state index contributed by atoms with van der Waals surface area (Å²) in [7, 11) is 1.96. The molecule has 0 radical (unpaired) electrons. The van der Waals surface area contributed by atoms with Crippen LogP contribution in [0.25, 0.3) is 10.2 Å². The first kappa shape index (κ1) is 17.8. The van der Waals surface area contributed by atoms with E-state index in [-0.39, 0.29) is 5.60 Å². The van der Waals surface area contributed by atoms with E-state index in [0.717, 1.165) is 30.3 Å². The largest absolute Gasteiger partial charge is 0.367 e. The highest BCUT2D eigenvalue weighted by molar-refractivity contribution is 7.19. The van der Waals surface area contributed by atoms with E-state index in [9.17, 15) is 0 Å². The minimum Gasteiger partial charge on any atom is -0.367 e. The Morgan fingerprint density at radius 2 is 2.07 bits per heavy atom. The van der Waals surface area contributed by atoms with Gasteiger partial charge in [-0.1, -0.05) is 0 Å². The number of nitrogens with zero attached hydrogens (tertiary/aromatic N) is 5. The molecule has 1 unspecified atom stereocenters. The number of fused-ring (bicyclic) bond motifs is 3. The average molecular weight is 410 g/mol. The number of ether oxygens (including phenoxy) is 1. The molecule has 4 heterocycles. The molecule has 6 nitrogen and oxygen atoms in total. The standard InChI is InChI=1S/C22H27N5OS/c1-22(15-11-23-26(2)12-15)13-27(9-10-28-22)20-18-16-5-3-4-6-17(16)29-21(18)25-19(24-20)14-7-8-14/h11-12,14H,3-10,13H2,1-2H3. The van der Waals surface area contributed by atoms with E-state index in [0.29, 0.717) is 12.5 Å². The third-order valence-electron chi connectivity index (χ3n) is 6.64. The monoisotopic (exact) mass is 409 g/mol. The van der Waals surface area contributed by atoms with Gasteiger partial charge in [0, 0.05) is 36.1 Å². The van der Waals surface area contributed by atoms with Gasteiger partial charge in [0.1, 0.15) is 22.1 Å². The maximum absolute atomic E-state index is 6.28. The molecule has 7 heteroatoms. The molecule has 3 aliphatic rings. The predicted molar refractivity (Wildman–Crippen MR) is 115 cm³/mol. The first-order valence-electron chi connectivity index (χ1n) is 10.8. The molecule has 2 fully saturated rings. The number of morpholine rings is 1. The van der Waals surface area contributed by atoms with Crippen molar-refractivity contribution in [1.29, 1.82) is 0 Å². The van der Waals surface area contributed by atoms with E-state index < -0.39 is 0 Å². The summed E-state index contributed by atoms with van der Waals surface area (Å²) < 4.78 is 8.13. The Labute approximate surface area is 174 Å². The van der Waals surface area contributed by atoms with Gasteiger partial charge in [0.05, 0.1) is 24.7 Å². The molecule has 3 aromatic rings. The molecule has 152 valence electrons. The van der Waals surface area contributed by atoms with Crippen molar-refractivity contribution in [3.05, 3.63) is 34.2 Å². The van der Waals surface area contributed by atoms with Crippen LogP contribution in [0.2, 0.25) is 0 Å². The molecule has 2 aliphatic carbocycles. The lowest BCUT2D eigenvalue weighted by molar-refractivity contribution is -0.0467. The minimum atomic E-state index is -0.375. The average Bonchev–Trinajstić information content (AvgIpc) is 3.37. The fourth-order valence-corrected chi connectivity index (χ4v) is 6.09. The Bertz CT molecular complexity index is 1080. The van der Waals surface area contributed by atoms with Gasteiger partial charge in [0.15, 0.2) is 0 Å². The summed E-state index contributed by atoms with van der Waals surface area (Å²) in [6, 6.07) is 0. The van der Waals surface area contributed by atoms with Gasteiger partial charge in [-0.05, 0) is 51.0 Å². The van der Waals surface area contributed by atoms with Gasteiger partial charge in [-0.2, -0.15) is 5.10 Å². The van der Waals surface area contributed by atoms with Gasteiger partial charge in [-0.15, -0.1) is 11.3 Å². The number of anilines is 1. The van der Waals surface area contributed by atoms with Crippen LogP contribution in [0, 0.1) is 0 Å². The molecule has 3 aromatic heterocycles. The molecule has 0 aromatic carbocycles. The SMILES string of the molecule is Cn1cc(C2(C)CN(c3nc(C4CC4)nc4sc5c(c34)CCCC5)CCO2)cn1. The van der Waals surface area contributed by atoms with Crippen LogP contribution in [0.15, 0.2) is 12.4 Å². The van der Waals surface area contributed by atoms with E-state index in [2.05, 4.69) is 23.1 Å². The molecule has 0 bridgehead atoms. The summed E-state index contributed by atoms with van der Waals surface area (Å²) in [5.41, 5.74) is 2.27. The zero-order valence-electron chi connectivity index (χ0n) is 17.1. The third-order valence-corrected chi connectivity index (χ3v) is 7.83. The highest BCUT2D eigenvalue weighted by Gasteiger charge is 2.38. The van der Waals surface area contributed by atoms with E-state index in [1.807, 2.05) is 29.3 Å². The molecule has 0 amide bonds. The smallest absolute Gasteiger partial charge is 0.141 e. The molecular formula is C22H27N5OS. The molecule has 0 spiro atoms. The zero-order valence-corrected chi connectivity index (χ0v) is 18.0. The van der Waals surface area contributed by atoms with Crippen LogP contribution >= 0.6 is 11.3 Å². The number of rotatable bonds is 3. The predicted octanol–water partition coefficient (Wildman–Crippen LogP) is 3.93. The summed E-state index contributed by atoms with van der Waals surface area (Å²) in [5.74, 6) is 2.76. The lowest BCUT2D eigenvalue weighted by atomic mass is 9.95. The first-order chi connectivity index (χ1) is 14.1. The van der Waals surface area contributed by atoms with Crippen LogP contribution in [-0.2, 0) is 30.2 Å².